The first-order valence-corrected chi connectivity index (χ1v) is 6.64. The zero-order chi connectivity index (χ0) is 13.3. The fraction of sp³-hybridized carbons (Fsp3) is 0.636. The number of amides is 1. The highest BCUT2D eigenvalue weighted by Gasteiger charge is 2.38. The van der Waals surface area contributed by atoms with Crippen molar-refractivity contribution in [2.24, 2.45) is 5.92 Å². The van der Waals surface area contributed by atoms with Gasteiger partial charge in [-0.25, -0.2) is 4.79 Å². The van der Waals surface area contributed by atoms with Crippen molar-refractivity contribution < 1.29 is 14.7 Å². The molecule has 0 saturated heterocycles. The Morgan fingerprint density at radius 2 is 2.11 bits per heavy atom. The lowest BCUT2D eigenvalue weighted by molar-refractivity contribution is -0.139. The number of carboxylic acid groups (broad SMARTS) is 1. The van der Waals surface area contributed by atoms with Crippen molar-refractivity contribution in [1.29, 1.82) is 0 Å². The Balaban J connectivity index is 2.11. The highest BCUT2D eigenvalue weighted by Crippen LogP contribution is 2.33. The molecule has 6 nitrogen and oxygen atoms in total. The van der Waals surface area contributed by atoms with Gasteiger partial charge in [-0.2, -0.15) is 0 Å². The summed E-state index contributed by atoms with van der Waals surface area (Å²) in [4.78, 5) is 23.5. The molecule has 2 N–H and O–H groups in total. The number of carbonyl (C=O) groups is 2. The van der Waals surface area contributed by atoms with Crippen LogP contribution in [0.4, 0.5) is 0 Å². The molecule has 1 aliphatic rings. The molecule has 2 rings (SSSR count). The molecule has 1 unspecified atom stereocenters. The molecule has 0 aromatic carbocycles. The molecule has 1 aromatic heterocycles. The summed E-state index contributed by atoms with van der Waals surface area (Å²) in [6.45, 7) is 3.84. The minimum absolute atomic E-state index is 0.0647. The summed E-state index contributed by atoms with van der Waals surface area (Å²) in [5.74, 6) is -1.20. The van der Waals surface area contributed by atoms with Crippen LogP contribution in [0.1, 0.15) is 48.0 Å². The topological polar surface area (TPSA) is 92.2 Å². The van der Waals surface area contributed by atoms with Gasteiger partial charge in [0, 0.05) is 0 Å². The van der Waals surface area contributed by atoms with Gasteiger partial charge in [0.2, 0.25) is 0 Å². The van der Waals surface area contributed by atoms with Gasteiger partial charge in [0.15, 0.2) is 0 Å². The van der Waals surface area contributed by atoms with Crippen molar-refractivity contribution in [3.63, 3.8) is 0 Å². The lowest BCUT2D eigenvalue weighted by Crippen LogP contribution is -2.42. The first-order valence-electron chi connectivity index (χ1n) is 5.86. The van der Waals surface area contributed by atoms with Crippen LogP contribution in [0.2, 0.25) is 0 Å². The van der Waals surface area contributed by atoms with Gasteiger partial charge in [-0.1, -0.05) is 18.3 Å². The quantitative estimate of drug-likeness (QED) is 0.839. The molecule has 0 radical (unpaired) electrons. The summed E-state index contributed by atoms with van der Waals surface area (Å²) in [5, 5.41) is 15.5. The maximum absolute atomic E-state index is 12.0. The fourth-order valence-electron chi connectivity index (χ4n) is 1.75. The predicted molar refractivity (Wildman–Crippen MR) is 65.6 cm³/mol. The van der Waals surface area contributed by atoms with Crippen LogP contribution in [0.15, 0.2) is 0 Å². The third-order valence-corrected chi connectivity index (χ3v) is 3.65. The minimum Gasteiger partial charge on any atom is -0.480 e. The second-order valence-corrected chi connectivity index (χ2v) is 5.52. The number of hydrogen-bond acceptors (Lipinski definition) is 5. The zero-order valence-electron chi connectivity index (χ0n) is 10.2. The van der Waals surface area contributed by atoms with Gasteiger partial charge in [-0.3, -0.25) is 4.79 Å². The molecule has 7 heteroatoms. The number of hydrogen-bond donors (Lipinski definition) is 2. The van der Waals surface area contributed by atoms with Crippen LogP contribution in [-0.2, 0) is 4.79 Å². The molecule has 0 bridgehead atoms. The average Bonchev–Trinajstić information content (AvgIpc) is 3.00. The van der Waals surface area contributed by atoms with Gasteiger partial charge in [0.05, 0.1) is 5.69 Å². The molecular formula is C11H15N3O3S. The zero-order valence-corrected chi connectivity index (χ0v) is 11.0. The van der Waals surface area contributed by atoms with Gasteiger partial charge in [-0.15, -0.1) is 5.10 Å². The lowest BCUT2D eigenvalue weighted by atomic mass is 10.1. The minimum atomic E-state index is -0.977. The van der Waals surface area contributed by atoms with E-state index in [1.165, 1.54) is 0 Å². The largest absolute Gasteiger partial charge is 0.480 e. The van der Waals surface area contributed by atoms with Gasteiger partial charge >= 0.3 is 5.97 Å². The Bertz CT molecular complexity index is 468. The van der Waals surface area contributed by atoms with Crippen LogP contribution in [0.25, 0.3) is 0 Å². The maximum Gasteiger partial charge on any atom is 0.326 e. The summed E-state index contributed by atoms with van der Waals surface area (Å²) in [7, 11) is 0. The van der Waals surface area contributed by atoms with Gasteiger partial charge in [0.1, 0.15) is 10.9 Å². The number of rotatable bonds is 5. The van der Waals surface area contributed by atoms with Crippen LogP contribution in [0.5, 0.6) is 0 Å². The Morgan fingerprint density at radius 1 is 1.44 bits per heavy atom. The molecule has 18 heavy (non-hydrogen) atoms. The van der Waals surface area contributed by atoms with E-state index in [-0.39, 0.29) is 17.7 Å². The number of carbonyl (C=O) groups excluding carboxylic acids is 1. The van der Waals surface area contributed by atoms with Crippen LogP contribution in [-0.4, -0.2) is 32.6 Å². The van der Waals surface area contributed by atoms with Crippen molar-refractivity contribution >= 4 is 23.4 Å². The van der Waals surface area contributed by atoms with Crippen molar-refractivity contribution in [2.45, 2.75) is 38.6 Å². The summed E-state index contributed by atoms with van der Waals surface area (Å²) in [6.07, 6.45) is 1.71. The van der Waals surface area contributed by atoms with Gasteiger partial charge in [-0.05, 0) is 36.2 Å². The van der Waals surface area contributed by atoms with Crippen molar-refractivity contribution in [1.82, 2.24) is 14.9 Å². The molecule has 1 aliphatic carbocycles. The lowest BCUT2D eigenvalue weighted by Gasteiger charge is -2.13. The average molecular weight is 269 g/mol. The summed E-state index contributed by atoms with van der Waals surface area (Å²) >= 11 is 1.01. The Labute approximate surface area is 109 Å². The molecule has 1 amide bonds. The molecule has 1 saturated carbocycles. The summed E-state index contributed by atoms with van der Waals surface area (Å²) in [5.41, 5.74) is 0.623. The predicted octanol–water partition coefficient (Wildman–Crippen LogP) is 1.25. The van der Waals surface area contributed by atoms with Crippen molar-refractivity contribution in [3.8, 4) is 0 Å². The standard InChI is InChI=1S/C11H15N3O3S/c1-5(2)7-9(18-14-13-7)10(15)12-8(11(16)17)6-3-4-6/h5-6,8H,3-4H2,1-2H3,(H,12,15)(H,16,17). The van der Waals surface area contributed by atoms with E-state index in [9.17, 15) is 9.59 Å². The highest BCUT2D eigenvalue weighted by molar-refractivity contribution is 7.08. The first-order chi connectivity index (χ1) is 8.50. The second-order valence-electron chi connectivity index (χ2n) is 4.77. The van der Waals surface area contributed by atoms with E-state index < -0.39 is 12.0 Å². The summed E-state index contributed by atoms with van der Waals surface area (Å²) in [6, 6.07) is -0.792. The van der Waals surface area contributed by atoms with Crippen molar-refractivity contribution in [2.75, 3.05) is 0 Å². The van der Waals surface area contributed by atoms with E-state index in [0.717, 1.165) is 24.4 Å². The monoisotopic (exact) mass is 269 g/mol. The number of aromatic nitrogens is 2. The highest BCUT2D eigenvalue weighted by atomic mass is 32.1. The van der Waals surface area contributed by atoms with Crippen LogP contribution in [0.3, 0.4) is 0 Å². The number of aliphatic carboxylic acids is 1. The van der Waals surface area contributed by atoms with Gasteiger partial charge in [0.25, 0.3) is 5.91 Å². The molecule has 1 aromatic rings. The van der Waals surface area contributed by atoms with E-state index >= 15 is 0 Å². The second kappa shape index (κ2) is 5.01. The van der Waals surface area contributed by atoms with E-state index in [1.807, 2.05) is 13.8 Å². The fourth-order valence-corrected chi connectivity index (χ4v) is 2.47. The molecule has 1 heterocycles. The Hall–Kier alpha value is -1.50. The maximum atomic E-state index is 12.0. The Morgan fingerprint density at radius 3 is 2.61 bits per heavy atom. The van der Waals surface area contributed by atoms with E-state index in [1.54, 1.807) is 0 Å². The molecule has 0 spiro atoms. The van der Waals surface area contributed by atoms with Gasteiger partial charge < -0.3 is 10.4 Å². The summed E-state index contributed by atoms with van der Waals surface area (Å²) < 4.78 is 3.76. The number of nitrogens with one attached hydrogen (secondary N) is 1. The normalized spacial score (nSPS) is 16.6. The third-order valence-electron chi connectivity index (χ3n) is 2.91. The molecule has 98 valence electrons. The molecule has 1 atom stereocenters. The van der Waals surface area contributed by atoms with E-state index in [0.29, 0.717) is 10.6 Å². The third kappa shape index (κ3) is 2.66. The van der Waals surface area contributed by atoms with Crippen LogP contribution in [0, 0.1) is 5.92 Å². The van der Waals surface area contributed by atoms with E-state index in [2.05, 4.69) is 14.9 Å². The SMILES string of the molecule is CC(C)c1nnsc1C(=O)NC(C(=O)O)C1CC1. The van der Waals surface area contributed by atoms with Crippen molar-refractivity contribution in [3.05, 3.63) is 10.6 Å². The smallest absolute Gasteiger partial charge is 0.326 e. The van der Waals surface area contributed by atoms with Crippen LogP contribution < -0.4 is 5.32 Å². The van der Waals surface area contributed by atoms with E-state index in [4.69, 9.17) is 5.11 Å². The van der Waals surface area contributed by atoms with Crippen LogP contribution >= 0.6 is 11.5 Å². The Kier molecular flexibility index (Phi) is 3.60. The number of carboxylic acids is 1. The molecule has 0 aliphatic heterocycles. The number of nitrogens with zero attached hydrogens (tertiary/aromatic N) is 2. The molecule has 1 fully saturated rings. The molecular weight excluding hydrogens is 254 g/mol. The first kappa shape index (κ1) is 12.9.